The van der Waals surface area contributed by atoms with Crippen LogP contribution in [0.5, 0.6) is 5.75 Å². The molecule has 5 unspecified atom stereocenters. The van der Waals surface area contributed by atoms with Crippen molar-refractivity contribution in [2.24, 2.45) is 17.8 Å². The molecule has 3 N–H and O–H groups in total. The molecule has 1 aromatic heterocycles. The van der Waals surface area contributed by atoms with Gasteiger partial charge in [0.1, 0.15) is 17.5 Å². The van der Waals surface area contributed by atoms with Crippen LogP contribution in [0.4, 0.5) is 0 Å². The maximum Gasteiger partial charge on any atom is 0.271 e. The third kappa shape index (κ3) is 4.70. The van der Waals surface area contributed by atoms with E-state index in [0.717, 1.165) is 55.8 Å². The van der Waals surface area contributed by atoms with Crippen LogP contribution in [-0.2, 0) is 14.4 Å². The summed E-state index contributed by atoms with van der Waals surface area (Å²) in [5, 5.41) is 6.98. The summed E-state index contributed by atoms with van der Waals surface area (Å²) < 4.78 is 5.46. The molecule has 2 saturated heterocycles. The molecule has 9 heteroatoms. The number of benzene rings is 1. The minimum Gasteiger partial charge on any atom is -0.496 e. The quantitative estimate of drug-likeness (QED) is 0.480. The summed E-state index contributed by atoms with van der Waals surface area (Å²) in [5.74, 6) is 0.125. The van der Waals surface area contributed by atoms with Crippen molar-refractivity contribution in [3.63, 3.8) is 0 Å². The summed E-state index contributed by atoms with van der Waals surface area (Å²) in [6.07, 6.45) is 7.19. The molecule has 2 aromatic rings. The van der Waals surface area contributed by atoms with E-state index in [0.29, 0.717) is 24.4 Å². The van der Waals surface area contributed by atoms with Crippen LogP contribution in [0.15, 0.2) is 24.3 Å². The molecule has 3 heterocycles. The second kappa shape index (κ2) is 9.99. The molecule has 5 atom stereocenters. The number of carbonyl (C=O) groups excluding carboxylic acids is 4. The smallest absolute Gasteiger partial charge is 0.271 e. The molecule has 208 valence electrons. The first-order valence-electron chi connectivity index (χ1n) is 14.4. The Morgan fingerprint density at radius 2 is 2.00 bits per heavy atom. The average molecular weight is 535 g/mol. The number of rotatable bonds is 8. The van der Waals surface area contributed by atoms with E-state index in [2.05, 4.69) is 15.6 Å². The van der Waals surface area contributed by atoms with Crippen molar-refractivity contribution in [3.8, 4) is 5.75 Å². The van der Waals surface area contributed by atoms with Gasteiger partial charge in [0, 0.05) is 35.3 Å². The molecule has 1 spiro atoms. The number of Topliss-reactive ketones (excluding diaryl/α,β-unsaturated/α-hetero) is 1. The van der Waals surface area contributed by atoms with Crippen molar-refractivity contribution in [2.45, 2.75) is 82.3 Å². The van der Waals surface area contributed by atoms with Gasteiger partial charge in [-0.05, 0) is 75.0 Å². The molecule has 9 nitrogen and oxygen atoms in total. The predicted octanol–water partition coefficient (Wildman–Crippen LogP) is 3.33. The van der Waals surface area contributed by atoms with Crippen LogP contribution in [-0.4, -0.2) is 64.7 Å². The average Bonchev–Trinajstić information content (AvgIpc) is 3.28. The van der Waals surface area contributed by atoms with E-state index < -0.39 is 12.1 Å². The van der Waals surface area contributed by atoms with Gasteiger partial charge in [0.15, 0.2) is 5.78 Å². The van der Waals surface area contributed by atoms with Crippen molar-refractivity contribution < 1.29 is 23.9 Å². The number of likely N-dealkylation sites (tertiary alicyclic amines) is 1. The summed E-state index contributed by atoms with van der Waals surface area (Å²) in [6, 6.07) is 6.02. The van der Waals surface area contributed by atoms with Crippen LogP contribution in [0.25, 0.3) is 10.9 Å². The first-order chi connectivity index (χ1) is 18.8. The predicted molar refractivity (Wildman–Crippen MR) is 145 cm³/mol. The largest absolute Gasteiger partial charge is 0.496 e. The third-order valence-corrected chi connectivity index (χ3v) is 9.65. The van der Waals surface area contributed by atoms with Crippen LogP contribution >= 0.6 is 0 Å². The number of H-pyrrole nitrogens is 1. The summed E-state index contributed by atoms with van der Waals surface area (Å²) in [6.45, 7) is 2.30. The fourth-order valence-corrected chi connectivity index (χ4v) is 7.24. The maximum absolute atomic E-state index is 13.9. The van der Waals surface area contributed by atoms with Gasteiger partial charge in [-0.15, -0.1) is 0 Å². The zero-order valence-corrected chi connectivity index (χ0v) is 22.8. The lowest BCUT2D eigenvalue weighted by Gasteiger charge is -2.32. The van der Waals surface area contributed by atoms with Gasteiger partial charge in [0.25, 0.3) is 5.91 Å². The number of nitrogens with one attached hydrogen (secondary N) is 3. The Morgan fingerprint density at radius 3 is 2.72 bits per heavy atom. The fraction of sp³-hybridized carbons (Fsp3) is 0.600. The van der Waals surface area contributed by atoms with Gasteiger partial charge < -0.3 is 25.3 Å². The van der Waals surface area contributed by atoms with Gasteiger partial charge in [-0.2, -0.15) is 0 Å². The zero-order valence-electron chi connectivity index (χ0n) is 22.8. The number of amides is 3. The van der Waals surface area contributed by atoms with Crippen molar-refractivity contribution in [1.29, 1.82) is 0 Å². The third-order valence-electron chi connectivity index (χ3n) is 9.65. The van der Waals surface area contributed by atoms with Gasteiger partial charge in [-0.25, -0.2) is 0 Å². The molecular formula is C30H38N4O5. The summed E-state index contributed by atoms with van der Waals surface area (Å²) in [4.78, 5) is 58.4. The summed E-state index contributed by atoms with van der Waals surface area (Å²) in [7, 11) is 1.60. The number of hydrogen-bond acceptors (Lipinski definition) is 5. The molecule has 4 aliphatic rings. The number of fused-ring (bicyclic) bond motifs is 2. The van der Waals surface area contributed by atoms with Crippen molar-refractivity contribution >= 4 is 34.4 Å². The van der Waals surface area contributed by atoms with E-state index >= 15 is 0 Å². The van der Waals surface area contributed by atoms with Crippen molar-refractivity contribution in [2.75, 3.05) is 13.7 Å². The molecule has 0 bridgehead atoms. The Kier molecular flexibility index (Phi) is 6.63. The molecule has 39 heavy (non-hydrogen) atoms. The summed E-state index contributed by atoms with van der Waals surface area (Å²) >= 11 is 0. The van der Waals surface area contributed by atoms with Crippen molar-refractivity contribution in [3.05, 3.63) is 30.0 Å². The molecular weight excluding hydrogens is 496 g/mol. The van der Waals surface area contributed by atoms with Gasteiger partial charge >= 0.3 is 0 Å². The lowest BCUT2D eigenvalue weighted by atomic mass is 9.86. The minimum atomic E-state index is -0.735. The number of carbonyl (C=O) groups is 4. The normalized spacial score (nSPS) is 27.7. The van der Waals surface area contributed by atoms with Crippen LogP contribution in [0.2, 0.25) is 0 Å². The highest BCUT2D eigenvalue weighted by Gasteiger charge is 2.51. The highest BCUT2D eigenvalue weighted by molar-refractivity contribution is 6.02. The molecule has 2 aliphatic heterocycles. The Hall–Kier alpha value is -3.36. The first kappa shape index (κ1) is 25.9. The topological polar surface area (TPSA) is 121 Å². The van der Waals surface area contributed by atoms with E-state index in [9.17, 15) is 19.2 Å². The summed E-state index contributed by atoms with van der Waals surface area (Å²) in [5.41, 5.74) is 1.20. The molecule has 0 radical (unpaired) electrons. The van der Waals surface area contributed by atoms with E-state index in [4.69, 9.17) is 4.74 Å². The first-order valence-corrected chi connectivity index (χ1v) is 14.4. The minimum absolute atomic E-state index is 0.00957. The Bertz CT molecular complexity index is 1310. The lowest BCUT2D eigenvalue weighted by molar-refractivity contribution is -0.133. The molecule has 3 amide bonds. The molecule has 2 saturated carbocycles. The van der Waals surface area contributed by atoms with Gasteiger partial charge in [0.2, 0.25) is 11.8 Å². The van der Waals surface area contributed by atoms with Gasteiger partial charge in [0.05, 0.1) is 13.2 Å². The lowest BCUT2D eigenvalue weighted by Crippen LogP contribution is -2.54. The van der Waals surface area contributed by atoms with Crippen LogP contribution < -0.4 is 15.4 Å². The van der Waals surface area contributed by atoms with Crippen LogP contribution in [0.3, 0.4) is 0 Å². The fourth-order valence-electron chi connectivity index (χ4n) is 7.24. The Morgan fingerprint density at radius 1 is 1.18 bits per heavy atom. The van der Waals surface area contributed by atoms with Gasteiger partial charge in [-0.3, -0.25) is 19.2 Å². The molecule has 2 aliphatic carbocycles. The highest BCUT2D eigenvalue weighted by Crippen LogP contribution is 2.45. The monoisotopic (exact) mass is 534 g/mol. The van der Waals surface area contributed by atoms with Gasteiger partial charge in [-0.1, -0.05) is 19.4 Å². The maximum atomic E-state index is 13.9. The molecule has 4 fully saturated rings. The molecule has 1 aromatic carbocycles. The standard InChI is InChI=1S/C30H38N4O5/c1-3-24(35)22(14-17-10-11-30(12-13-30)33-27(17)36)32-28(37)26-19-7-4-6-18(19)16-34(26)29(38)23-15-20-21(31-23)8-5-9-25(20)39-2/h5,8-9,15,17-19,22,26,31H,3-4,6-7,10-14,16H2,1-2H3,(H,32,37)(H,33,36). The second-order valence-electron chi connectivity index (χ2n) is 12.0. The van der Waals surface area contributed by atoms with Crippen LogP contribution in [0.1, 0.15) is 75.2 Å². The second-order valence-corrected chi connectivity index (χ2v) is 12.0. The Balaban J connectivity index is 1.22. The van der Waals surface area contributed by atoms with E-state index in [1.165, 1.54) is 0 Å². The van der Waals surface area contributed by atoms with E-state index in [1.54, 1.807) is 25.0 Å². The number of ether oxygens (including phenoxy) is 1. The number of aromatic amines is 1. The highest BCUT2D eigenvalue weighted by atomic mass is 16.5. The van der Waals surface area contributed by atoms with Crippen LogP contribution in [0, 0.1) is 17.8 Å². The number of ketones is 1. The number of hydrogen-bond donors (Lipinski definition) is 3. The zero-order chi connectivity index (χ0) is 27.3. The number of nitrogens with zero attached hydrogens (tertiary/aromatic N) is 1. The van der Waals surface area contributed by atoms with E-state index in [-0.39, 0.29) is 53.2 Å². The van der Waals surface area contributed by atoms with Crippen molar-refractivity contribution in [1.82, 2.24) is 20.5 Å². The SMILES string of the molecule is CCC(=O)C(CC1CCC2(CC2)NC1=O)NC(=O)C1C2CCCC2CN1C(=O)c1cc2c(OC)cccc2[nH]1. The number of methoxy groups -OCH3 is 1. The Labute approximate surface area is 228 Å². The number of piperidine rings is 1. The van der Waals surface area contributed by atoms with E-state index in [1.807, 2.05) is 18.2 Å². The number of aromatic nitrogens is 1. The molecule has 6 rings (SSSR count).